The molecule has 1 aromatic rings. The summed E-state index contributed by atoms with van der Waals surface area (Å²) in [6.07, 6.45) is 2.47. The molecule has 0 atom stereocenters. The van der Waals surface area contributed by atoms with Crippen molar-refractivity contribution in [2.24, 2.45) is 5.84 Å². The van der Waals surface area contributed by atoms with Gasteiger partial charge in [-0.25, -0.2) is 5.84 Å². The SMILES string of the molecule is CCCc1noc(CCC(=O)NN)n1. The van der Waals surface area contributed by atoms with Gasteiger partial charge in [-0.05, 0) is 6.42 Å². The van der Waals surface area contributed by atoms with Gasteiger partial charge in [0.25, 0.3) is 0 Å². The summed E-state index contributed by atoms with van der Waals surface area (Å²) in [7, 11) is 0. The largest absolute Gasteiger partial charge is 0.339 e. The molecule has 0 aliphatic rings. The second-order valence-electron chi connectivity index (χ2n) is 2.92. The van der Waals surface area contributed by atoms with Crippen molar-refractivity contribution in [3.63, 3.8) is 0 Å². The van der Waals surface area contributed by atoms with Gasteiger partial charge in [0.2, 0.25) is 11.8 Å². The summed E-state index contributed by atoms with van der Waals surface area (Å²) in [5.41, 5.74) is 2.04. The molecule has 0 fully saturated rings. The lowest BCUT2D eigenvalue weighted by atomic mass is 10.3. The lowest BCUT2D eigenvalue weighted by molar-refractivity contribution is -0.121. The predicted molar refractivity (Wildman–Crippen MR) is 48.9 cm³/mol. The summed E-state index contributed by atoms with van der Waals surface area (Å²) in [4.78, 5) is 14.9. The van der Waals surface area contributed by atoms with Crippen LogP contribution in [-0.2, 0) is 17.6 Å². The molecule has 0 spiro atoms. The normalized spacial score (nSPS) is 10.1. The van der Waals surface area contributed by atoms with Gasteiger partial charge in [0.15, 0.2) is 5.82 Å². The lowest BCUT2D eigenvalue weighted by Crippen LogP contribution is -2.30. The van der Waals surface area contributed by atoms with Crippen LogP contribution in [-0.4, -0.2) is 16.0 Å². The Bertz CT molecular complexity index is 297. The van der Waals surface area contributed by atoms with Crippen LogP contribution in [0.15, 0.2) is 4.52 Å². The summed E-state index contributed by atoms with van der Waals surface area (Å²) in [6, 6.07) is 0. The van der Waals surface area contributed by atoms with Crippen molar-refractivity contribution in [3.05, 3.63) is 11.7 Å². The van der Waals surface area contributed by atoms with Crippen LogP contribution in [0.3, 0.4) is 0 Å². The number of nitrogens with one attached hydrogen (secondary N) is 1. The van der Waals surface area contributed by atoms with E-state index in [9.17, 15) is 4.79 Å². The molecule has 1 aromatic heterocycles. The highest BCUT2D eigenvalue weighted by Gasteiger charge is 2.07. The molecule has 1 rings (SSSR count). The first-order valence-corrected chi connectivity index (χ1v) is 4.57. The van der Waals surface area contributed by atoms with Gasteiger partial charge in [-0.3, -0.25) is 10.2 Å². The molecule has 1 amide bonds. The van der Waals surface area contributed by atoms with Crippen LogP contribution in [0.25, 0.3) is 0 Å². The van der Waals surface area contributed by atoms with E-state index in [0.29, 0.717) is 18.1 Å². The third kappa shape index (κ3) is 3.14. The minimum atomic E-state index is -0.236. The van der Waals surface area contributed by atoms with E-state index in [1.165, 1.54) is 0 Å². The van der Waals surface area contributed by atoms with Crippen LogP contribution >= 0.6 is 0 Å². The molecular formula is C8H14N4O2. The highest BCUT2D eigenvalue weighted by atomic mass is 16.5. The maximum absolute atomic E-state index is 10.8. The van der Waals surface area contributed by atoms with Crippen molar-refractivity contribution in [2.45, 2.75) is 32.6 Å². The first kappa shape index (κ1) is 10.6. The van der Waals surface area contributed by atoms with Crippen LogP contribution in [0.1, 0.15) is 31.5 Å². The van der Waals surface area contributed by atoms with E-state index >= 15 is 0 Å². The first-order chi connectivity index (χ1) is 6.76. The van der Waals surface area contributed by atoms with E-state index in [1.807, 2.05) is 12.3 Å². The molecule has 0 saturated carbocycles. The van der Waals surface area contributed by atoms with Crippen LogP contribution in [0.4, 0.5) is 0 Å². The second-order valence-corrected chi connectivity index (χ2v) is 2.92. The van der Waals surface area contributed by atoms with Crippen molar-refractivity contribution in [1.29, 1.82) is 0 Å². The van der Waals surface area contributed by atoms with E-state index in [-0.39, 0.29) is 12.3 Å². The van der Waals surface area contributed by atoms with Gasteiger partial charge in [-0.1, -0.05) is 12.1 Å². The monoisotopic (exact) mass is 198 g/mol. The molecule has 0 radical (unpaired) electrons. The molecule has 3 N–H and O–H groups in total. The smallest absolute Gasteiger partial charge is 0.234 e. The number of hydrogen-bond acceptors (Lipinski definition) is 5. The fraction of sp³-hybridized carbons (Fsp3) is 0.625. The maximum Gasteiger partial charge on any atom is 0.234 e. The first-order valence-electron chi connectivity index (χ1n) is 4.57. The number of nitrogens with two attached hydrogens (primary N) is 1. The van der Waals surface area contributed by atoms with Crippen LogP contribution < -0.4 is 11.3 Å². The molecule has 6 heteroatoms. The molecule has 0 aliphatic heterocycles. The number of carbonyl (C=O) groups is 1. The molecule has 0 aromatic carbocycles. The van der Waals surface area contributed by atoms with Crippen LogP contribution in [0.2, 0.25) is 0 Å². The van der Waals surface area contributed by atoms with Crippen LogP contribution in [0.5, 0.6) is 0 Å². The van der Waals surface area contributed by atoms with E-state index in [4.69, 9.17) is 10.4 Å². The van der Waals surface area contributed by atoms with Gasteiger partial charge in [0.05, 0.1) is 0 Å². The van der Waals surface area contributed by atoms with E-state index < -0.39 is 0 Å². The number of hydrogen-bond donors (Lipinski definition) is 2. The molecule has 14 heavy (non-hydrogen) atoms. The summed E-state index contributed by atoms with van der Waals surface area (Å²) in [5.74, 6) is 5.86. The Balaban J connectivity index is 2.39. The average Bonchev–Trinajstić information content (AvgIpc) is 2.63. The summed E-state index contributed by atoms with van der Waals surface area (Å²) < 4.78 is 4.93. The summed E-state index contributed by atoms with van der Waals surface area (Å²) in [6.45, 7) is 2.04. The third-order valence-electron chi connectivity index (χ3n) is 1.71. The maximum atomic E-state index is 10.8. The number of hydrazine groups is 1. The van der Waals surface area contributed by atoms with Gasteiger partial charge in [-0.15, -0.1) is 0 Å². The minimum Gasteiger partial charge on any atom is -0.339 e. The van der Waals surface area contributed by atoms with Crippen molar-refractivity contribution >= 4 is 5.91 Å². The Kier molecular flexibility index (Phi) is 4.06. The molecule has 0 saturated heterocycles. The fourth-order valence-electron chi connectivity index (χ4n) is 1.01. The number of nitrogens with zero attached hydrogens (tertiary/aromatic N) is 2. The Morgan fingerprint density at radius 3 is 3.00 bits per heavy atom. The van der Waals surface area contributed by atoms with Gasteiger partial charge < -0.3 is 4.52 Å². The number of carbonyl (C=O) groups excluding carboxylic acids is 1. The van der Waals surface area contributed by atoms with E-state index in [1.54, 1.807) is 0 Å². The van der Waals surface area contributed by atoms with Crippen molar-refractivity contribution in [2.75, 3.05) is 0 Å². The van der Waals surface area contributed by atoms with Gasteiger partial charge in [-0.2, -0.15) is 4.98 Å². The highest BCUT2D eigenvalue weighted by Crippen LogP contribution is 2.02. The van der Waals surface area contributed by atoms with E-state index in [2.05, 4.69) is 10.1 Å². The molecular weight excluding hydrogens is 184 g/mol. The van der Waals surface area contributed by atoms with Gasteiger partial charge in [0.1, 0.15) is 0 Å². The quantitative estimate of drug-likeness (QED) is 0.393. The Labute approximate surface area is 81.8 Å². The van der Waals surface area contributed by atoms with Gasteiger partial charge >= 0.3 is 0 Å². The minimum absolute atomic E-state index is 0.236. The second kappa shape index (κ2) is 5.33. The molecule has 0 aliphatic carbocycles. The number of aryl methyl sites for hydroxylation is 2. The standard InChI is InChI=1S/C8H14N4O2/c1-2-3-6-10-8(14-12-6)5-4-7(13)11-9/h2-5,9H2,1H3,(H,11,13). The molecule has 1 heterocycles. The van der Waals surface area contributed by atoms with Crippen molar-refractivity contribution in [3.8, 4) is 0 Å². The van der Waals surface area contributed by atoms with Gasteiger partial charge in [0, 0.05) is 19.3 Å². The number of amides is 1. The molecule has 0 bridgehead atoms. The zero-order valence-electron chi connectivity index (χ0n) is 8.12. The molecule has 78 valence electrons. The highest BCUT2D eigenvalue weighted by molar-refractivity contribution is 5.75. The Hall–Kier alpha value is -1.43. The molecule has 0 unspecified atom stereocenters. The van der Waals surface area contributed by atoms with Crippen molar-refractivity contribution in [1.82, 2.24) is 15.6 Å². The third-order valence-corrected chi connectivity index (χ3v) is 1.71. The Morgan fingerprint density at radius 2 is 2.36 bits per heavy atom. The molecule has 6 nitrogen and oxygen atoms in total. The van der Waals surface area contributed by atoms with E-state index in [0.717, 1.165) is 12.8 Å². The Morgan fingerprint density at radius 1 is 1.57 bits per heavy atom. The van der Waals surface area contributed by atoms with Crippen LogP contribution in [0, 0.1) is 0 Å². The number of rotatable bonds is 5. The lowest BCUT2D eigenvalue weighted by Gasteiger charge is -1.94. The average molecular weight is 198 g/mol. The van der Waals surface area contributed by atoms with Crippen molar-refractivity contribution < 1.29 is 9.32 Å². The number of aromatic nitrogens is 2. The topological polar surface area (TPSA) is 94.0 Å². The summed E-state index contributed by atoms with van der Waals surface area (Å²) >= 11 is 0. The summed E-state index contributed by atoms with van der Waals surface area (Å²) in [5, 5.41) is 3.76. The zero-order valence-corrected chi connectivity index (χ0v) is 8.12. The predicted octanol–water partition coefficient (Wildman–Crippen LogP) is -0.0554. The fourth-order valence-corrected chi connectivity index (χ4v) is 1.01. The zero-order chi connectivity index (χ0) is 10.4.